The molecular weight excluding hydrogens is 242 g/mol. The maximum Gasteiger partial charge on any atom is 0.0294 e. The SMILES string of the molecule is CC(NC1CCC(C)(C)C1)c1ccc(C(C)(C)C)cc1. The van der Waals surface area contributed by atoms with E-state index in [-0.39, 0.29) is 5.41 Å². The molecule has 0 amide bonds. The van der Waals surface area contributed by atoms with Gasteiger partial charge in [0.25, 0.3) is 0 Å². The van der Waals surface area contributed by atoms with Gasteiger partial charge in [-0.3, -0.25) is 0 Å². The minimum absolute atomic E-state index is 0.241. The van der Waals surface area contributed by atoms with E-state index in [4.69, 9.17) is 0 Å². The van der Waals surface area contributed by atoms with Crippen molar-refractivity contribution in [1.82, 2.24) is 5.32 Å². The van der Waals surface area contributed by atoms with Crippen molar-refractivity contribution >= 4 is 0 Å². The fourth-order valence-corrected chi connectivity index (χ4v) is 3.30. The van der Waals surface area contributed by atoms with Crippen LogP contribution < -0.4 is 5.32 Å². The molecule has 0 bridgehead atoms. The smallest absolute Gasteiger partial charge is 0.0294 e. The van der Waals surface area contributed by atoms with Crippen LogP contribution in [-0.4, -0.2) is 6.04 Å². The number of hydrogen-bond acceptors (Lipinski definition) is 1. The zero-order chi connectivity index (χ0) is 15.0. The Kier molecular flexibility index (Phi) is 4.30. The van der Waals surface area contributed by atoms with E-state index in [9.17, 15) is 0 Å². The standard InChI is InChI=1S/C19H31N/c1-14(20-17-11-12-19(5,6)13-17)15-7-9-16(10-8-15)18(2,3)4/h7-10,14,17,20H,11-13H2,1-6H3. The Balaban J connectivity index is 1.98. The fourth-order valence-electron chi connectivity index (χ4n) is 3.30. The van der Waals surface area contributed by atoms with Crippen LogP contribution in [0.25, 0.3) is 0 Å². The van der Waals surface area contributed by atoms with Crippen LogP contribution in [0.2, 0.25) is 0 Å². The second kappa shape index (κ2) is 5.52. The summed E-state index contributed by atoms with van der Waals surface area (Å²) in [6.07, 6.45) is 3.97. The zero-order valence-corrected chi connectivity index (χ0v) is 14.1. The van der Waals surface area contributed by atoms with E-state index in [1.165, 1.54) is 30.4 Å². The highest BCUT2D eigenvalue weighted by molar-refractivity contribution is 5.29. The molecular formula is C19H31N. The Morgan fingerprint density at radius 1 is 1.15 bits per heavy atom. The second-order valence-corrected chi connectivity index (χ2v) is 8.36. The summed E-state index contributed by atoms with van der Waals surface area (Å²) in [5.74, 6) is 0. The van der Waals surface area contributed by atoms with E-state index in [2.05, 4.69) is 71.1 Å². The number of nitrogens with one attached hydrogen (secondary N) is 1. The van der Waals surface area contributed by atoms with E-state index in [0.717, 1.165) is 0 Å². The molecule has 1 fully saturated rings. The quantitative estimate of drug-likeness (QED) is 0.796. The highest BCUT2D eigenvalue weighted by Crippen LogP contribution is 2.37. The number of rotatable bonds is 3. The van der Waals surface area contributed by atoms with Crippen LogP contribution in [0.15, 0.2) is 24.3 Å². The summed E-state index contributed by atoms with van der Waals surface area (Å²) in [4.78, 5) is 0. The second-order valence-electron chi connectivity index (χ2n) is 8.36. The molecule has 20 heavy (non-hydrogen) atoms. The van der Waals surface area contributed by atoms with Gasteiger partial charge in [-0.1, -0.05) is 58.9 Å². The molecule has 1 aliphatic carbocycles. The number of benzene rings is 1. The van der Waals surface area contributed by atoms with Crippen molar-refractivity contribution in [2.75, 3.05) is 0 Å². The highest BCUT2D eigenvalue weighted by Gasteiger charge is 2.31. The van der Waals surface area contributed by atoms with Crippen molar-refractivity contribution in [2.45, 2.75) is 78.3 Å². The molecule has 1 heteroatoms. The van der Waals surface area contributed by atoms with E-state index in [0.29, 0.717) is 17.5 Å². The van der Waals surface area contributed by atoms with Gasteiger partial charge in [-0.05, 0) is 48.1 Å². The molecule has 0 aliphatic heterocycles. The van der Waals surface area contributed by atoms with Crippen LogP contribution in [-0.2, 0) is 5.41 Å². The van der Waals surface area contributed by atoms with Gasteiger partial charge in [0.2, 0.25) is 0 Å². The monoisotopic (exact) mass is 273 g/mol. The largest absolute Gasteiger partial charge is 0.307 e. The molecule has 112 valence electrons. The summed E-state index contributed by atoms with van der Waals surface area (Å²) in [7, 11) is 0. The molecule has 0 spiro atoms. The summed E-state index contributed by atoms with van der Waals surface area (Å²) in [5.41, 5.74) is 3.58. The Morgan fingerprint density at radius 2 is 1.75 bits per heavy atom. The minimum atomic E-state index is 0.241. The maximum atomic E-state index is 3.81. The normalized spacial score (nSPS) is 23.8. The third-order valence-corrected chi connectivity index (χ3v) is 4.73. The first-order valence-corrected chi connectivity index (χ1v) is 8.04. The minimum Gasteiger partial charge on any atom is -0.307 e. The van der Waals surface area contributed by atoms with Crippen LogP contribution in [0, 0.1) is 5.41 Å². The lowest BCUT2D eigenvalue weighted by atomic mass is 9.86. The van der Waals surface area contributed by atoms with Crippen LogP contribution in [0.1, 0.15) is 78.0 Å². The molecule has 1 N–H and O–H groups in total. The predicted molar refractivity (Wildman–Crippen MR) is 88.1 cm³/mol. The molecule has 1 nitrogen and oxygen atoms in total. The molecule has 2 atom stereocenters. The van der Waals surface area contributed by atoms with Crippen molar-refractivity contribution in [1.29, 1.82) is 0 Å². The van der Waals surface area contributed by atoms with E-state index in [1.54, 1.807) is 0 Å². The van der Waals surface area contributed by atoms with Gasteiger partial charge < -0.3 is 5.32 Å². The Labute approximate surface area is 125 Å². The van der Waals surface area contributed by atoms with Crippen molar-refractivity contribution in [3.63, 3.8) is 0 Å². The summed E-state index contributed by atoms with van der Waals surface area (Å²) in [6, 6.07) is 10.3. The molecule has 0 aromatic heterocycles. The molecule has 2 rings (SSSR count). The highest BCUT2D eigenvalue weighted by atomic mass is 15.0. The van der Waals surface area contributed by atoms with Crippen molar-refractivity contribution in [3.8, 4) is 0 Å². The Hall–Kier alpha value is -0.820. The summed E-state index contributed by atoms with van der Waals surface area (Å²) in [5, 5.41) is 3.81. The Morgan fingerprint density at radius 3 is 2.20 bits per heavy atom. The third-order valence-electron chi connectivity index (χ3n) is 4.73. The molecule has 1 aliphatic rings. The van der Waals surface area contributed by atoms with Crippen molar-refractivity contribution in [2.24, 2.45) is 5.41 Å². The van der Waals surface area contributed by atoms with Gasteiger partial charge in [0.05, 0.1) is 0 Å². The van der Waals surface area contributed by atoms with Gasteiger partial charge in [-0.2, -0.15) is 0 Å². The Bertz CT molecular complexity index is 436. The first-order valence-electron chi connectivity index (χ1n) is 8.04. The fraction of sp³-hybridized carbons (Fsp3) is 0.684. The van der Waals surface area contributed by atoms with Crippen LogP contribution in [0.4, 0.5) is 0 Å². The summed E-state index contributed by atoms with van der Waals surface area (Å²) < 4.78 is 0. The molecule has 0 heterocycles. The molecule has 0 saturated heterocycles. The third kappa shape index (κ3) is 3.85. The lowest BCUT2D eigenvalue weighted by molar-refractivity contribution is 0.356. The van der Waals surface area contributed by atoms with Gasteiger partial charge >= 0.3 is 0 Å². The molecule has 1 aromatic carbocycles. The summed E-state index contributed by atoms with van der Waals surface area (Å²) >= 11 is 0. The van der Waals surface area contributed by atoms with E-state index >= 15 is 0 Å². The lowest BCUT2D eigenvalue weighted by Crippen LogP contribution is -2.30. The average Bonchev–Trinajstić information content (AvgIpc) is 2.67. The van der Waals surface area contributed by atoms with Crippen LogP contribution in [0.5, 0.6) is 0 Å². The lowest BCUT2D eigenvalue weighted by Gasteiger charge is -2.23. The molecule has 1 aromatic rings. The van der Waals surface area contributed by atoms with Gasteiger partial charge in [-0.25, -0.2) is 0 Å². The van der Waals surface area contributed by atoms with Crippen LogP contribution >= 0.6 is 0 Å². The molecule has 1 saturated carbocycles. The van der Waals surface area contributed by atoms with Crippen molar-refractivity contribution in [3.05, 3.63) is 35.4 Å². The predicted octanol–water partition coefficient (Wildman–Crippen LogP) is 5.21. The first-order chi connectivity index (χ1) is 9.17. The van der Waals surface area contributed by atoms with Gasteiger partial charge in [0, 0.05) is 12.1 Å². The first kappa shape index (κ1) is 15.6. The van der Waals surface area contributed by atoms with Gasteiger partial charge in [-0.15, -0.1) is 0 Å². The van der Waals surface area contributed by atoms with E-state index in [1.807, 2.05) is 0 Å². The molecule has 0 radical (unpaired) electrons. The average molecular weight is 273 g/mol. The van der Waals surface area contributed by atoms with Crippen molar-refractivity contribution < 1.29 is 0 Å². The van der Waals surface area contributed by atoms with Crippen LogP contribution in [0.3, 0.4) is 0 Å². The van der Waals surface area contributed by atoms with E-state index < -0.39 is 0 Å². The summed E-state index contributed by atoms with van der Waals surface area (Å²) in [6.45, 7) is 13.9. The molecule has 2 unspecified atom stereocenters. The van der Waals surface area contributed by atoms with Gasteiger partial charge in [0.1, 0.15) is 0 Å². The zero-order valence-electron chi connectivity index (χ0n) is 14.1. The number of hydrogen-bond donors (Lipinski definition) is 1. The topological polar surface area (TPSA) is 12.0 Å². The van der Waals surface area contributed by atoms with Gasteiger partial charge in [0.15, 0.2) is 0 Å². The maximum absolute atomic E-state index is 3.81.